The first-order valence-electron chi connectivity index (χ1n) is 7.72. The van der Waals surface area contributed by atoms with Crippen molar-refractivity contribution in [1.82, 2.24) is 10.2 Å². The van der Waals surface area contributed by atoms with Gasteiger partial charge >= 0.3 is 0 Å². The maximum absolute atomic E-state index is 11.8. The molecule has 1 fully saturated rings. The molecule has 2 rings (SSSR count). The molecule has 110 valence electrons. The van der Waals surface area contributed by atoms with Gasteiger partial charge in [-0.3, -0.25) is 9.69 Å². The Kier molecular flexibility index (Phi) is 5.60. The van der Waals surface area contributed by atoms with Gasteiger partial charge in [0.1, 0.15) is 0 Å². The van der Waals surface area contributed by atoms with Gasteiger partial charge in [0.2, 0.25) is 5.91 Å². The number of hydrogen-bond donors (Lipinski definition) is 1. The van der Waals surface area contributed by atoms with Gasteiger partial charge in [-0.15, -0.1) is 0 Å². The van der Waals surface area contributed by atoms with E-state index in [1.165, 1.54) is 18.4 Å². The number of nitrogens with one attached hydrogen (secondary N) is 1. The normalized spacial score (nSPS) is 17.4. The lowest BCUT2D eigenvalue weighted by molar-refractivity contribution is -0.124. The summed E-state index contributed by atoms with van der Waals surface area (Å²) in [4.78, 5) is 14.3. The fourth-order valence-electron chi connectivity index (χ4n) is 2.75. The number of amides is 1. The Morgan fingerprint density at radius 2 is 1.85 bits per heavy atom. The van der Waals surface area contributed by atoms with Gasteiger partial charge in [-0.05, 0) is 37.9 Å². The molecule has 1 atom stereocenters. The lowest BCUT2D eigenvalue weighted by atomic mass is 10.0. The molecular formula is C17H26N2O. The molecule has 20 heavy (non-hydrogen) atoms. The Bertz CT molecular complexity index is 410. The molecule has 0 saturated carbocycles. The predicted molar refractivity (Wildman–Crippen MR) is 82.6 cm³/mol. The quantitative estimate of drug-likeness (QED) is 0.864. The van der Waals surface area contributed by atoms with Gasteiger partial charge in [-0.2, -0.15) is 0 Å². The number of hydrogen-bond acceptors (Lipinski definition) is 2. The molecule has 1 aromatic rings. The monoisotopic (exact) mass is 274 g/mol. The molecule has 1 unspecified atom stereocenters. The van der Waals surface area contributed by atoms with E-state index < -0.39 is 0 Å². The van der Waals surface area contributed by atoms with E-state index in [4.69, 9.17) is 0 Å². The van der Waals surface area contributed by atoms with Crippen LogP contribution in [0.3, 0.4) is 0 Å². The minimum absolute atomic E-state index is 0.0611. The molecule has 1 N–H and O–H groups in total. The number of benzene rings is 1. The smallest absolute Gasteiger partial charge is 0.222 e. The van der Waals surface area contributed by atoms with Gasteiger partial charge in [0.05, 0.1) is 0 Å². The highest BCUT2D eigenvalue weighted by Gasteiger charge is 2.22. The summed E-state index contributed by atoms with van der Waals surface area (Å²) in [6.07, 6.45) is 3.58. The average molecular weight is 274 g/mol. The molecule has 1 heterocycles. The van der Waals surface area contributed by atoms with Crippen molar-refractivity contribution in [2.45, 2.75) is 39.2 Å². The maximum Gasteiger partial charge on any atom is 0.222 e. The number of likely N-dealkylation sites (tertiary alicyclic amines) is 1. The first-order chi connectivity index (χ1) is 9.66. The first kappa shape index (κ1) is 15.0. The second-order valence-electron chi connectivity index (χ2n) is 5.99. The largest absolute Gasteiger partial charge is 0.354 e. The molecule has 1 saturated heterocycles. The fraction of sp³-hybridized carbons (Fsp3) is 0.588. The van der Waals surface area contributed by atoms with Crippen LogP contribution in [-0.2, 0) is 11.2 Å². The third kappa shape index (κ3) is 4.34. The summed E-state index contributed by atoms with van der Waals surface area (Å²) in [5.41, 5.74) is 1.35. The van der Waals surface area contributed by atoms with E-state index in [2.05, 4.69) is 40.5 Å². The Morgan fingerprint density at radius 1 is 1.20 bits per heavy atom. The molecule has 0 bridgehead atoms. The number of carbonyl (C=O) groups is 1. The van der Waals surface area contributed by atoms with Crippen molar-refractivity contribution < 1.29 is 4.79 Å². The van der Waals surface area contributed by atoms with Crippen LogP contribution in [-0.4, -0.2) is 36.5 Å². The van der Waals surface area contributed by atoms with Crippen LogP contribution in [0.15, 0.2) is 30.3 Å². The van der Waals surface area contributed by atoms with Crippen molar-refractivity contribution >= 4 is 5.91 Å². The zero-order valence-electron chi connectivity index (χ0n) is 12.6. The minimum atomic E-state index is 0.0611. The molecule has 0 radical (unpaired) electrons. The van der Waals surface area contributed by atoms with Crippen LogP contribution in [0.25, 0.3) is 0 Å². The number of nitrogens with zero attached hydrogens (tertiary/aromatic N) is 1. The summed E-state index contributed by atoms with van der Waals surface area (Å²) < 4.78 is 0. The topological polar surface area (TPSA) is 32.3 Å². The summed E-state index contributed by atoms with van der Waals surface area (Å²) in [6, 6.07) is 11.0. The van der Waals surface area contributed by atoms with Gasteiger partial charge in [0, 0.05) is 18.5 Å². The van der Waals surface area contributed by atoms with Crippen molar-refractivity contribution in [3.05, 3.63) is 35.9 Å². The molecule has 1 aromatic carbocycles. The lowest BCUT2D eigenvalue weighted by Gasteiger charge is -2.28. The van der Waals surface area contributed by atoms with E-state index in [9.17, 15) is 4.79 Å². The highest BCUT2D eigenvalue weighted by Crippen LogP contribution is 2.15. The Morgan fingerprint density at radius 3 is 2.45 bits per heavy atom. The second-order valence-corrected chi connectivity index (χ2v) is 5.99. The second kappa shape index (κ2) is 7.44. The van der Waals surface area contributed by atoms with Crippen molar-refractivity contribution in [2.75, 3.05) is 19.6 Å². The van der Waals surface area contributed by atoms with E-state index in [1.54, 1.807) is 0 Å². The van der Waals surface area contributed by atoms with Crippen molar-refractivity contribution in [3.63, 3.8) is 0 Å². The van der Waals surface area contributed by atoms with Crippen LogP contribution < -0.4 is 5.32 Å². The molecule has 1 aliphatic heterocycles. The van der Waals surface area contributed by atoms with Gasteiger partial charge in [-0.1, -0.05) is 44.2 Å². The zero-order valence-corrected chi connectivity index (χ0v) is 12.6. The van der Waals surface area contributed by atoms with Gasteiger partial charge in [0.25, 0.3) is 0 Å². The standard InChI is InChI=1S/C17H26N2O/c1-14(2)17(20)18-13-16(19-10-6-7-11-19)12-15-8-4-3-5-9-15/h3-5,8-9,14,16H,6-7,10-13H2,1-2H3,(H,18,20). The highest BCUT2D eigenvalue weighted by molar-refractivity contribution is 5.77. The third-order valence-corrected chi connectivity index (χ3v) is 4.01. The fourth-order valence-corrected chi connectivity index (χ4v) is 2.75. The molecule has 3 nitrogen and oxygen atoms in total. The summed E-state index contributed by atoms with van der Waals surface area (Å²) >= 11 is 0. The average Bonchev–Trinajstić information content (AvgIpc) is 2.98. The lowest BCUT2D eigenvalue weighted by Crippen LogP contribution is -2.44. The Hall–Kier alpha value is -1.35. The molecule has 0 spiro atoms. The van der Waals surface area contributed by atoms with E-state index in [0.717, 1.165) is 26.1 Å². The van der Waals surface area contributed by atoms with E-state index >= 15 is 0 Å². The van der Waals surface area contributed by atoms with Crippen LogP contribution in [0.1, 0.15) is 32.3 Å². The van der Waals surface area contributed by atoms with Crippen LogP contribution in [0, 0.1) is 5.92 Å². The minimum Gasteiger partial charge on any atom is -0.354 e. The van der Waals surface area contributed by atoms with Crippen molar-refractivity contribution in [1.29, 1.82) is 0 Å². The molecule has 1 amide bonds. The molecule has 3 heteroatoms. The van der Waals surface area contributed by atoms with E-state index in [-0.39, 0.29) is 11.8 Å². The van der Waals surface area contributed by atoms with E-state index in [0.29, 0.717) is 6.04 Å². The van der Waals surface area contributed by atoms with Crippen molar-refractivity contribution in [3.8, 4) is 0 Å². The molecule has 0 aliphatic carbocycles. The predicted octanol–water partition coefficient (Wildman–Crippen LogP) is 2.47. The SMILES string of the molecule is CC(C)C(=O)NCC(Cc1ccccc1)N1CCCC1. The molecule has 1 aliphatic rings. The highest BCUT2D eigenvalue weighted by atomic mass is 16.1. The van der Waals surface area contributed by atoms with Gasteiger partial charge in [0.15, 0.2) is 0 Å². The van der Waals surface area contributed by atoms with Crippen LogP contribution in [0.2, 0.25) is 0 Å². The first-order valence-corrected chi connectivity index (χ1v) is 7.72. The maximum atomic E-state index is 11.8. The third-order valence-electron chi connectivity index (χ3n) is 4.01. The van der Waals surface area contributed by atoms with Crippen molar-refractivity contribution in [2.24, 2.45) is 5.92 Å². The Labute approximate surface area is 122 Å². The summed E-state index contributed by atoms with van der Waals surface area (Å²) in [7, 11) is 0. The van der Waals surface area contributed by atoms with Gasteiger partial charge in [-0.25, -0.2) is 0 Å². The van der Waals surface area contributed by atoms with E-state index in [1.807, 2.05) is 13.8 Å². The summed E-state index contributed by atoms with van der Waals surface area (Å²) in [6.45, 7) is 6.96. The van der Waals surface area contributed by atoms with Crippen LogP contribution in [0.4, 0.5) is 0 Å². The zero-order chi connectivity index (χ0) is 14.4. The Balaban J connectivity index is 1.95. The molecule has 0 aromatic heterocycles. The summed E-state index contributed by atoms with van der Waals surface area (Å²) in [5.74, 6) is 0.216. The molecular weight excluding hydrogens is 248 g/mol. The van der Waals surface area contributed by atoms with Crippen LogP contribution in [0.5, 0.6) is 0 Å². The number of carbonyl (C=O) groups excluding carboxylic acids is 1. The van der Waals surface area contributed by atoms with Crippen LogP contribution >= 0.6 is 0 Å². The van der Waals surface area contributed by atoms with Gasteiger partial charge < -0.3 is 5.32 Å². The number of rotatable bonds is 6. The summed E-state index contributed by atoms with van der Waals surface area (Å²) in [5, 5.41) is 3.10.